The maximum Gasteiger partial charge on any atom is 0.130 e. The summed E-state index contributed by atoms with van der Waals surface area (Å²) >= 11 is 0. The van der Waals surface area contributed by atoms with Crippen molar-refractivity contribution in [3.8, 4) is 0 Å². The molecule has 0 unspecified atom stereocenters. The molecule has 0 saturated carbocycles. The molecular formula is C16H16F2N2. The van der Waals surface area contributed by atoms with Gasteiger partial charge in [-0.1, -0.05) is 18.2 Å². The van der Waals surface area contributed by atoms with Gasteiger partial charge >= 0.3 is 0 Å². The van der Waals surface area contributed by atoms with Crippen LogP contribution in [0.15, 0.2) is 36.4 Å². The normalized spacial score (nSPS) is 15.1. The van der Waals surface area contributed by atoms with Crippen LogP contribution < -0.4 is 5.73 Å². The van der Waals surface area contributed by atoms with Crippen LogP contribution in [0.3, 0.4) is 0 Å². The van der Waals surface area contributed by atoms with Crippen molar-refractivity contribution in [1.29, 1.82) is 0 Å². The molecule has 2 N–H and O–H groups in total. The van der Waals surface area contributed by atoms with Gasteiger partial charge in [-0.25, -0.2) is 8.78 Å². The number of nitrogen functional groups attached to an aromatic ring is 1. The Balaban J connectivity index is 1.77. The second-order valence-electron chi connectivity index (χ2n) is 5.18. The van der Waals surface area contributed by atoms with Crippen molar-refractivity contribution in [1.82, 2.24) is 4.90 Å². The second kappa shape index (κ2) is 5.21. The van der Waals surface area contributed by atoms with Gasteiger partial charge in [-0.3, -0.25) is 4.90 Å². The topological polar surface area (TPSA) is 29.3 Å². The van der Waals surface area contributed by atoms with Crippen LogP contribution in [0.4, 0.5) is 14.5 Å². The zero-order chi connectivity index (χ0) is 14.1. The molecule has 1 heterocycles. The smallest absolute Gasteiger partial charge is 0.130 e. The molecule has 0 aliphatic carbocycles. The van der Waals surface area contributed by atoms with Crippen LogP contribution in [0.5, 0.6) is 0 Å². The van der Waals surface area contributed by atoms with Crippen LogP contribution in [0.1, 0.15) is 16.7 Å². The summed E-state index contributed by atoms with van der Waals surface area (Å²) in [6.07, 6.45) is 0.866. The Morgan fingerprint density at radius 3 is 2.80 bits per heavy atom. The first kappa shape index (κ1) is 13.1. The highest BCUT2D eigenvalue weighted by molar-refractivity contribution is 5.51. The fourth-order valence-corrected chi connectivity index (χ4v) is 2.72. The molecule has 0 saturated heterocycles. The third-order valence-corrected chi connectivity index (χ3v) is 3.79. The van der Waals surface area contributed by atoms with E-state index in [0.717, 1.165) is 31.3 Å². The first-order chi connectivity index (χ1) is 9.63. The predicted molar refractivity (Wildman–Crippen MR) is 75.0 cm³/mol. The molecule has 1 aliphatic rings. The zero-order valence-electron chi connectivity index (χ0n) is 11.1. The van der Waals surface area contributed by atoms with E-state index < -0.39 is 11.6 Å². The van der Waals surface area contributed by atoms with Gasteiger partial charge in [0.15, 0.2) is 0 Å². The van der Waals surface area contributed by atoms with Crippen molar-refractivity contribution in [2.75, 3.05) is 12.3 Å². The molecule has 0 bridgehead atoms. The van der Waals surface area contributed by atoms with Crippen molar-refractivity contribution >= 4 is 5.69 Å². The zero-order valence-corrected chi connectivity index (χ0v) is 11.1. The summed E-state index contributed by atoms with van der Waals surface area (Å²) in [4.78, 5) is 2.15. The quantitative estimate of drug-likeness (QED) is 0.853. The number of benzene rings is 2. The summed E-state index contributed by atoms with van der Waals surface area (Å²) in [5.41, 5.74) is 9.71. The Kier molecular flexibility index (Phi) is 3.40. The van der Waals surface area contributed by atoms with Crippen LogP contribution in [-0.4, -0.2) is 11.4 Å². The Morgan fingerprint density at radius 2 is 2.00 bits per heavy atom. The number of nitrogens with two attached hydrogens (primary N) is 1. The van der Waals surface area contributed by atoms with E-state index in [4.69, 9.17) is 5.73 Å². The van der Waals surface area contributed by atoms with Crippen molar-refractivity contribution in [3.05, 3.63) is 64.7 Å². The fraction of sp³-hybridized carbons (Fsp3) is 0.250. The minimum absolute atomic E-state index is 0.483. The van der Waals surface area contributed by atoms with Crippen molar-refractivity contribution in [3.63, 3.8) is 0 Å². The molecule has 0 fully saturated rings. The lowest BCUT2D eigenvalue weighted by atomic mass is 9.97. The number of hydrogen-bond acceptors (Lipinski definition) is 2. The monoisotopic (exact) mass is 274 g/mol. The van der Waals surface area contributed by atoms with Gasteiger partial charge in [-0.2, -0.15) is 0 Å². The van der Waals surface area contributed by atoms with E-state index in [0.29, 0.717) is 12.1 Å². The first-order valence-corrected chi connectivity index (χ1v) is 6.66. The SMILES string of the molecule is Nc1cccc2c1CCN(Cc1ccc(F)cc1F)C2. The van der Waals surface area contributed by atoms with E-state index >= 15 is 0 Å². The van der Waals surface area contributed by atoms with Crippen LogP contribution in [0, 0.1) is 11.6 Å². The third kappa shape index (κ3) is 2.51. The summed E-state index contributed by atoms with van der Waals surface area (Å²) in [5.74, 6) is -1.02. The van der Waals surface area contributed by atoms with Gasteiger partial charge in [0, 0.05) is 37.0 Å². The summed E-state index contributed by atoms with van der Waals surface area (Å²) in [6.45, 7) is 2.07. The van der Waals surface area contributed by atoms with E-state index in [1.165, 1.54) is 23.3 Å². The molecule has 0 atom stereocenters. The molecule has 0 aromatic heterocycles. The average molecular weight is 274 g/mol. The van der Waals surface area contributed by atoms with E-state index in [1.807, 2.05) is 12.1 Å². The Morgan fingerprint density at radius 1 is 1.15 bits per heavy atom. The molecule has 0 spiro atoms. The Hall–Kier alpha value is -1.94. The Bertz CT molecular complexity index is 640. The molecule has 1 aliphatic heterocycles. The lowest BCUT2D eigenvalue weighted by Gasteiger charge is -2.29. The van der Waals surface area contributed by atoms with Crippen molar-refractivity contribution in [2.45, 2.75) is 19.5 Å². The number of nitrogens with zero attached hydrogens (tertiary/aromatic N) is 1. The molecule has 4 heteroatoms. The number of fused-ring (bicyclic) bond motifs is 1. The van der Waals surface area contributed by atoms with Gasteiger partial charge in [0.05, 0.1) is 0 Å². The molecule has 3 rings (SSSR count). The van der Waals surface area contributed by atoms with Gasteiger partial charge in [-0.15, -0.1) is 0 Å². The van der Waals surface area contributed by atoms with Crippen molar-refractivity contribution in [2.24, 2.45) is 0 Å². The highest BCUT2D eigenvalue weighted by Crippen LogP contribution is 2.25. The minimum Gasteiger partial charge on any atom is -0.398 e. The highest BCUT2D eigenvalue weighted by atomic mass is 19.1. The predicted octanol–water partition coefficient (Wildman–Crippen LogP) is 3.11. The lowest BCUT2D eigenvalue weighted by Crippen LogP contribution is -2.30. The number of rotatable bonds is 2. The number of hydrogen-bond donors (Lipinski definition) is 1. The van der Waals surface area contributed by atoms with Crippen LogP contribution >= 0.6 is 0 Å². The highest BCUT2D eigenvalue weighted by Gasteiger charge is 2.18. The summed E-state index contributed by atoms with van der Waals surface area (Å²) < 4.78 is 26.6. The van der Waals surface area contributed by atoms with Crippen molar-refractivity contribution < 1.29 is 8.78 Å². The second-order valence-corrected chi connectivity index (χ2v) is 5.18. The van der Waals surface area contributed by atoms with Gasteiger partial charge in [0.2, 0.25) is 0 Å². The lowest BCUT2D eigenvalue weighted by molar-refractivity contribution is 0.242. The molecule has 2 nitrogen and oxygen atoms in total. The molecule has 20 heavy (non-hydrogen) atoms. The minimum atomic E-state index is -0.539. The van der Waals surface area contributed by atoms with Gasteiger partial charge < -0.3 is 5.73 Å². The number of anilines is 1. The maximum absolute atomic E-state index is 13.7. The molecule has 2 aromatic carbocycles. The summed E-state index contributed by atoms with van der Waals surface area (Å²) in [5, 5.41) is 0. The first-order valence-electron chi connectivity index (χ1n) is 6.66. The van der Waals surface area contributed by atoms with E-state index in [2.05, 4.69) is 11.0 Å². The van der Waals surface area contributed by atoms with Crippen LogP contribution in [0.25, 0.3) is 0 Å². The molecular weight excluding hydrogens is 258 g/mol. The number of halogens is 2. The molecule has 0 amide bonds. The Labute approximate surface area is 116 Å². The standard InChI is InChI=1S/C16H16F2N2/c17-13-5-4-12(15(18)8-13)10-20-7-6-14-11(9-20)2-1-3-16(14)19/h1-5,8H,6-7,9-10,19H2. The van der Waals surface area contributed by atoms with Crippen LogP contribution in [-0.2, 0) is 19.5 Å². The largest absolute Gasteiger partial charge is 0.398 e. The van der Waals surface area contributed by atoms with Gasteiger partial charge in [-0.05, 0) is 29.7 Å². The summed E-state index contributed by atoms with van der Waals surface area (Å²) in [7, 11) is 0. The van der Waals surface area contributed by atoms with Gasteiger partial charge in [0.25, 0.3) is 0 Å². The maximum atomic E-state index is 13.7. The van der Waals surface area contributed by atoms with E-state index in [9.17, 15) is 8.78 Å². The molecule has 104 valence electrons. The van der Waals surface area contributed by atoms with E-state index in [-0.39, 0.29) is 0 Å². The van der Waals surface area contributed by atoms with Crippen LogP contribution in [0.2, 0.25) is 0 Å². The fourth-order valence-electron chi connectivity index (χ4n) is 2.72. The van der Waals surface area contributed by atoms with Gasteiger partial charge in [0.1, 0.15) is 11.6 Å². The summed E-state index contributed by atoms with van der Waals surface area (Å²) in [6, 6.07) is 9.65. The van der Waals surface area contributed by atoms with E-state index in [1.54, 1.807) is 0 Å². The molecule has 2 aromatic rings. The molecule has 0 radical (unpaired) electrons. The average Bonchev–Trinajstić information content (AvgIpc) is 2.42. The third-order valence-electron chi connectivity index (χ3n) is 3.79.